The first-order chi connectivity index (χ1) is 10.6. The van der Waals surface area contributed by atoms with Crippen LogP contribution in [0.4, 0.5) is 4.39 Å². The number of aliphatic hydroxyl groups is 1. The molecule has 0 aliphatic rings. The minimum atomic E-state index is -1.11. The van der Waals surface area contributed by atoms with E-state index in [9.17, 15) is 14.3 Å². The summed E-state index contributed by atoms with van der Waals surface area (Å²) in [6, 6.07) is 13.0. The van der Waals surface area contributed by atoms with Crippen molar-refractivity contribution in [3.05, 3.63) is 76.1 Å². The van der Waals surface area contributed by atoms with Crippen LogP contribution in [0.15, 0.2) is 53.3 Å². The fraction of sp³-hybridized carbons (Fsp3) is 0.176. The minimum Gasteiger partial charge on any atom is -0.386 e. The van der Waals surface area contributed by atoms with Crippen molar-refractivity contribution in [1.29, 1.82) is 0 Å². The van der Waals surface area contributed by atoms with Crippen LogP contribution in [0.5, 0.6) is 0 Å². The van der Waals surface area contributed by atoms with E-state index in [4.69, 9.17) is 0 Å². The van der Waals surface area contributed by atoms with Crippen LogP contribution in [0.25, 0.3) is 10.9 Å². The van der Waals surface area contributed by atoms with Crippen molar-refractivity contribution in [2.24, 2.45) is 0 Å². The quantitative estimate of drug-likeness (QED) is 0.808. The van der Waals surface area contributed by atoms with E-state index in [-0.39, 0.29) is 17.7 Å². The number of para-hydroxylation sites is 1. The van der Waals surface area contributed by atoms with E-state index in [2.05, 4.69) is 4.98 Å². The van der Waals surface area contributed by atoms with E-state index in [1.807, 2.05) is 6.07 Å². The van der Waals surface area contributed by atoms with E-state index in [1.54, 1.807) is 37.3 Å². The topological polar surface area (TPSA) is 55.1 Å². The zero-order valence-electron chi connectivity index (χ0n) is 12.0. The molecule has 4 nitrogen and oxygen atoms in total. The van der Waals surface area contributed by atoms with Crippen LogP contribution in [0.1, 0.15) is 17.5 Å². The number of nitrogens with zero attached hydrogens (tertiary/aromatic N) is 2. The van der Waals surface area contributed by atoms with Crippen LogP contribution in [0.2, 0.25) is 0 Å². The summed E-state index contributed by atoms with van der Waals surface area (Å²) in [5, 5.41) is 10.7. The monoisotopic (exact) mass is 298 g/mol. The lowest BCUT2D eigenvalue weighted by Crippen LogP contribution is -2.27. The Morgan fingerprint density at radius 1 is 1.18 bits per heavy atom. The molecular weight excluding hydrogens is 283 g/mol. The van der Waals surface area contributed by atoms with Crippen LogP contribution in [0, 0.1) is 12.7 Å². The standard InChI is InChI=1S/C17H15FN2O2/c1-11-19-15-9-5-3-7-13(15)17(22)20(11)10-16(21)12-6-2-4-8-14(12)18/h2-9,16,21H,10H2,1H3/t16-/m0/s1. The number of benzene rings is 2. The van der Waals surface area contributed by atoms with Crippen LogP contribution >= 0.6 is 0 Å². The summed E-state index contributed by atoms with van der Waals surface area (Å²) < 4.78 is 15.1. The van der Waals surface area contributed by atoms with Crippen molar-refractivity contribution in [1.82, 2.24) is 9.55 Å². The van der Waals surface area contributed by atoms with Gasteiger partial charge in [-0.25, -0.2) is 9.37 Å². The molecule has 1 atom stereocenters. The van der Waals surface area contributed by atoms with Crippen LogP contribution in [0.3, 0.4) is 0 Å². The summed E-state index contributed by atoms with van der Waals surface area (Å²) in [4.78, 5) is 16.9. The number of aliphatic hydroxyl groups excluding tert-OH is 1. The van der Waals surface area contributed by atoms with Gasteiger partial charge in [0.2, 0.25) is 0 Å². The van der Waals surface area contributed by atoms with Gasteiger partial charge >= 0.3 is 0 Å². The molecule has 5 heteroatoms. The number of rotatable bonds is 3. The highest BCUT2D eigenvalue weighted by Gasteiger charge is 2.16. The first-order valence-corrected chi connectivity index (χ1v) is 6.96. The Labute approximate surface area is 126 Å². The maximum Gasteiger partial charge on any atom is 0.261 e. The number of hydrogen-bond donors (Lipinski definition) is 1. The normalized spacial score (nSPS) is 12.5. The van der Waals surface area contributed by atoms with Gasteiger partial charge in [-0.3, -0.25) is 9.36 Å². The van der Waals surface area contributed by atoms with Crippen molar-refractivity contribution in [3.63, 3.8) is 0 Å². The van der Waals surface area contributed by atoms with Gasteiger partial charge in [-0.15, -0.1) is 0 Å². The lowest BCUT2D eigenvalue weighted by molar-refractivity contribution is 0.149. The minimum absolute atomic E-state index is 0.0383. The van der Waals surface area contributed by atoms with Gasteiger partial charge in [0.05, 0.1) is 23.6 Å². The fourth-order valence-electron chi connectivity index (χ4n) is 2.51. The molecule has 1 aromatic heterocycles. The fourth-order valence-corrected chi connectivity index (χ4v) is 2.51. The zero-order valence-corrected chi connectivity index (χ0v) is 12.0. The molecule has 0 aliphatic heterocycles. The SMILES string of the molecule is Cc1nc2ccccc2c(=O)n1C[C@H](O)c1ccccc1F. The molecular formula is C17H15FN2O2. The Morgan fingerprint density at radius 3 is 2.64 bits per heavy atom. The summed E-state index contributed by atoms with van der Waals surface area (Å²) in [6.07, 6.45) is -1.11. The Kier molecular flexibility index (Phi) is 3.73. The van der Waals surface area contributed by atoms with Crippen LogP contribution in [-0.4, -0.2) is 14.7 Å². The van der Waals surface area contributed by atoms with E-state index in [0.717, 1.165) is 0 Å². The highest BCUT2D eigenvalue weighted by atomic mass is 19.1. The number of fused-ring (bicyclic) bond motifs is 1. The molecule has 22 heavy (non-hydrogen) atoms. The average molecular weight is 298 g/mol. The highest BCUT2D eigenvalue weighted by molar-refractivity contribution is 5.77. The van der Waals surface area contributed by atoms with Crippen LogP contribution < -0.4 is 5.56 Å². The molecule has 0 radical (unpaired) electrons. The summed E-state index contributed by atoms with van der Waals surface area (Å²) in [7, 11) is 0. The number of hydrogen-bond acceptors (Lipinski definition) is 3. The average Bonchev–Trinajstić information content (AvgIpc) is 2.51. The van der Waals surface area contributed by atoms with Gasteiger partial charge < -0.3 is 5.11 Å². The van der Waals surface area contributed by atoms with E-state index < -0.39 is 11.9 Å². The Hall–Kier alpha value is -2.53. The number of halogens is 1. The molecule has 3 aromatic rings. The maximum absolute atomic E-state index is 13.7. The predicted octanol–water partition coefficient (Wildman–Crippen LogP) is 2.58. The Balaban J connectivity index is 2.04. The number of aromatic nitrogens is 2. The maximum atomic E-state index is 13.7. The summed E-state index contributed by atoms with van der Waals surface area (Å²) in [5.41, 5.74) is 0.544. The molecule has 1 heterocycles. The molecule has 0 unspecified atom stereocenters. The van der Waals surface area contributed by atoms with Gasteiger partial charge in [-0.1, -0.05) is 30.3 Å². The van der Waals surface area contributed by atoms with Crippen LogP contribution in [-0.2, 0) is 6.54 Å². The molecule has 3 rings (SSSR count). The molecule has 0 saturated heterocycles. The second-order valence-corrected chi connectivity index (χ2v) is 5.13. The van der Waals surface area contributed by atoms with Crippen molar-refractivity contribution < 1.29 is 9.50 Å². The predicted molar refractivity (Wildman–Crippen MR) is 82.1 cm³/mol. The number of aryl methyl sites for hydroxylation is 1. The third-order valence-electron chi connectivity index (χ3n) is 3.67. The second-order valence-electron chi connectivity index (χ2n) is 5.13. The lowest BCUT2D eigenvalue weighted by Gasteiger charge is -2.16. The zero-order chi connectivity index (χ0) is 15.7. The third-order valence-corrected chi connectivity index (χ3v) is 3.67. The summed E-state index contributed by atoms with van der Waals surface area (Å²) >= 11 is 0. The summed E-state index contributed by atoms with van der Waals surface area (Å²) in [6.45, 7) is 1.66. The third kappa shape index (κ3) is 2.51. The van der Waals surface area contributed by atoms with E-state index >= 15 is 0 Å². The van der Waals surface area contributed by atoms with Crippen molar-refractivity contribution in [2.75, 3.05) is 0 Å². The molecule has 0 amide bonds. The van der Waals surface area contributed by atoms with E-state index in [0.29, 0.717) is 16.7 Å². The Bertz CT molecular complexity index is 889. The Morgan fingerprint density at radius 2 is 1.86 bits per heavy atom. The van der Waals surface area contributed by atoms with Crippen molar-refractivity contribution in [2.45, 2.75) is 19.6 Å². The molecule has 1 N–H and O–H groups in total. The smallest absolute Gasteiger partial charge is 0.261 e. The van der Waals surface area contributed by atoms with Gasteiger partial charge in [0.25, 0.3) is 5.56 Å². The van der Waals surface area contributed by atoms with Gasteiger partial charge in [-0.2, -0.15) is 0 Å². The van der Waals surface area contributed by atoms with Gasteiger partial charge in [-0.05, 0) is 25.1 Å². The molecule has 0 aliphatic carbocycles. The molecule has 112 valence electrons. The van der Waals surface area contributed by atoms with Gasteiger partial charge in [0.15, 0.2) is 0 Å². The first kappa shape index (κ1) is 14.4. The van der Waals surface area contributed by atoms with E-state index in [1.165, 1.54) is 16.7 Å². The largest absolute Gasteiger partial charge is 0.386 e. The highest BCUT2D eigenvalue weighted by Crippen LogP contribution is 2.18. The molecule has 2 aromatic carbocycles. The molecule has 0 saturated carbocycles. The second kappa shape index (κ2) is 5.69. The van der Waals surface area contributed by atoms with Crippen molar-refractivity contribution in [3.8, 4) is 0 Å². The van der Waals surface area contributed by atoms with Gasteiger partial charge in [0, 0.05) is 5.56 Å². The van der Waals surface area contributed by atoms with Gasteiger partial charge in [0.1, 0.15) is 11.6 Å². The van der Waals surface area contributed by atoms with Crippen molar-refractivity contribution >= 4 is 10.9 Å². The molecule has 0 fully saturated rings. The molecule has 0 bridgehead atoms. The molecule has 0 spiro atoms. The first-order valence-electron chi connectivity index (χ1n) is 6.96. The summed E-state index contributed by atoms with van der Waals surface area (Å²) in [5.74, 6) is -0.00598. The lowest BCUT2D eigenvalue weighted by atomic mass is 10.1.